The molecule has 1 saturated heterocycles. The van der Waals surface area contributed by atoms with Crippen LogP contribution in [0.4, 0.5) is 17.8 Å². The van der Waals surface area contributed by atoms with Gasteiger partial charge in [0.15, 0.2) is 0 Å². The van der Waals surface area contributed by atoms with Crippen molar-refractivity contribution in [3.8, 4) is 0 Å². The Morgan fingerprint density at radius 3 is 2.68 bits per heavy atom. The average Bonchev–Trinajstić information content (AvgIpc) is 2.40. The highest BCUT2D eigenvalue weighted by Crippen LogP contribution is 2.15. The van der Waals surface area contributed by atoms with E-state index in [1.807, 2.05) is 25.9 Å². The van der Waals surface area contributed by atoms with Crippen LogP contribution in [0.5, 0.6) is 0 Å². The van der Waals surface area contributed by atoms with Crippen LogP contribution >= 0.6 is 0 Å². The van der Waals surface area contributed by atoms with Crippen LogP contribution in [0.25, 0.3) is 0 Å². The van der Waals surface area contributed by atoms with E-state index in [4.69, 9.17) is 4.74 Å². The third-order valence-corrected chi connectivity index (χ3v) is 2.85. The van der Waals surface area contributed by atoms with Crippen LogP contribution in [0.3, 0.4) is 0 Å². The van der Waals surface area contributed by atoms with E-state index in [1.54, 1.807) is 0 Å². The first-order valence-corrected chi connectivity index (χ1v) is 6.70. The highest BCUT2D eigenvalue weighted by molar-refractivity contribution is 5.43. The molecule has 19 heavy (non-hydrogen) atoms. The molecule has 7 nitrogen and oxygen atoms in total. The number of hydrogen-bond acceptors (Lipinski definition) is 7. The van der Waals surface area contributed by atoms with Crippen molar-refractivity contribution in [2.75, 3.05) is 49.4 Å². The van der Waals surface area contributed by atoms with Crippen molar-refractivity contribution in [3.63, 3.8) is 0 Å². The predicted molar refractivity (Wildman–Crippen MR) is 75.8 cm³/mol. The molecule has 2 N–H and O–H groups in total. The fourth-order valence-corrected chi connectivity index (χ4v) is 1.90. The molecule has 7 heteroatoms. The highest BCUT2D eigenvalue weighted by Gasteiger charge is 2.16. The lowest BCUT2D eigenvalue weighted by molar-refractivity contribution is 0.0874. The Kier molecular flexibility index (Phi) is 4.73. The van der Waals surface area contributed by atoms with E-state index in [1.165, 1.54) is 0 Å². The summed E-state index contributed by atoms with van der Waals surface area (Å²) in [6.07, 6.45) is 2.16. The molecule has 0 amide bonds. The number of nitrogens with zero attached hydrogens (tertiary/aromatic N) is 4. The smallest absolute Gasteiger partial charge is 0.231 e. The summed E-state index contributed by atoms with van der Waals surface area (Å²) in [5.41, 5.74) is 0. The number of hydrogen-bond donors (Lipinski definition) is 2. The molecule has 1 unspecified atom stereocenters. The third-order valence-electron chi connectivity index (χ3n) is 2.85. The topological polar surface area (TPSA) is 75.2 Å². The zero-order valence-electron chi connectivity index (χ0n) is 11.8. The second-order valence-corrected chi connectivity index (χ2v) is 4.77. The number of anilines is 3. The number of nitrogens with one attached hydrogen (secondary N) is 2. The fraction of sp³-hybridized carbons (Fsp3) is 0.750. The highest BCUT2D eigenvalue weighted by atomic mass is 16.5. The quantitative estimate of drug-likeness (QED) is 0.822. The molecular weight excluding hydrogens is 244 g/mol. The van der Waals surface area contributed by atoms with Crippen molar-refractivity contribution >= 4 is 17.8 Å². The van der Waals surface area contributed by atoms with E-state index in [0.717, 1.165) is 26.0 Å². The van der Waals surface area contributed by atoms with Crippen LogP contribution in [0, 0.1) is 0 Å². The second kappa shape index (κ2) is 6.51. The summed E-state index contributed by atoms with van der Waals surface area (Å²) in [6.45, 7) is 4.35. The number of aromatic nitrogens is 3. The van der Waals surface area contributed by atoms with Crippen molar-refractivity contribution in [1.82, 2.24) is 15.0 Å². The Balaban J connectivity index is 2.12. The van der Waals surface area contributed by atoms with Crippen LogP contribution in [0.15, 0.2) is 0 Å². The zero-order chi connectivity index (χ0) is 13.7. The molecule has 1 aliphatic heterocycles. The van der Waals surface area contributed by atoms with Gasteiger partial charge in [-0.05, 0) is 19.8 Å². The maximum absolute atomic E-state index is 5.45. The van der Waals surface area contributed by atoms with Crippen LogP contribution < -0.4 is 15.5 Å². The minimum absolute atomic E-state index is 0.278. The molecule has 1 aromatic heterocycles. The van der Waals surface area contributed by atoms with Crippen molar-refractivity contribution in [2.24, 2.45) is 0 Å². The first-order valence-electron chi connectivity index (χ1n) is 6.70. The molecule has 1 aromatic rings. The first kappa shape index (κ1) is 13.8. The van der Waals surface area contributed by atoms with Crippen LogP contribution in [0.2, 0.25) is 0 Å². The Bertz CT molecular complexity index is 405. The summed E-state index contributed by atoms with van der Waals surface area (Å²) in [4.78, 5) is 15.0. The summed E-state index contributed by atoms with van der Waals surface area (Å²) in [6, 6.07) is 0.278. The molecule has 0 aromatic carbocycles. The molecule has 0 saturated carbocycles. The summed E-state index contributed by atoms with van der Waals surface area (Å²) in [5.74, 6) is 1.84. The third kappa shape index (κ3) is 3.92. The summed E-state index contributed by atoms with van der Waals surface area (Å²) in [5, 5.41) is 6.44. The molecule has 0 radical (unpaired) electrons. The van der Waals surface area contributed by atoms with Crippen molar-refractivity contribution in [1.29, 1.82) is 0 Å². The lowest BCUT2D eigenvalue weighted by atomic mass is 10.1. The van der Waals surface area contributed by atoms with Crippen LogP contribution in [-0.2, 0) is 4.74 Å². The van der Waals surface area contributed by atoms with E-state index in [0.29, 0.717) is 24.5 Å². The Morgan fingerprint density at radius 2 is 2.05 bits per heavy atom. The van der Waals surface area contributed by atoms with Gasteiger partial charge in [0.25, 0.3) is 0 Å². The molecule has 1 fully saturated rings. The lowest BCUT2D eigenvalue weighted by Crippen LogP contribution is -2.31. The van der Waals surface area contributed by atoms with Gasteiger partial charge in [-0.3, -0.25) is 0 Å². The maximum atomic E-state index is 5.45. The zero-order valence-corrected chi connectivity index (χ0v) is 11.8. The molecule has 0 aliphatic carbocycles. The van der Waals surface area contributed by atoms with Crippen molar-refractivity contribution in [3.05, 3.63) is 0 Å². The summed E-state index contributed by atoms with van der Waals surface area (Å²) < 4.78 is 5.45. The van der Waals surface area contributed by atoms with Crippen molar-refractivity contribution in [2.45, 2.75) is 25.8 Å². The number of ether oxygens (including phenoxy) is 1. The van der Waals surface area contributed by atoms with E-state index in [9.17, 15) is 0 Å². The molecule has 0 spiro atoms. The van der Waals surface area contributed by atoms with Gasteiger partial charge >= 0.3 is 0 Å². The minimum atomic E-state index is 0.278. The van der Waals surface area contributed by atoms with Gasteiger partial charge in [-0.1, -0.05) is 0 Å². The first-order chi connectivity index (χ1) is 9.19. The van der Waals surface area contributed by atoms with Crippen LogP contribution in [-0.4, -0.2) is 54.8 Å². The van der Waals surface area contributed by atoms with E-state index < -0.39 is 0 Å². The van der Waals surface area contributed by atoms with Crippen molar-refractivity contribution < 1.29 is 4.74 Å². The van der Waals surface area contributed by atoms with E-state index in [-0.39, 0.29) is 6.04 Å². The Morgan fingerprint density at radius 1 is 1.26 bits per heavy atom. The Labute approximate surface area is 113 Å². The molecule has 2 rings (SSSR count). The standard InChI is InChI=1S/C12H22N6O/c1-4-13-10-15-11(17-12(16-10)18(2)3)14-9-6-5-7-19-8-9/h9H,4-8H2,1-3H3,(H2,13,14,15,16,17). The maximum Gasteiger partial charge on any atom is 0.231 e. The predicted octanol–water partition coefficient (Wildman–Crippen LogP) is 0.960. The molecule has 0 bridgehead atoms. The SMILES string of the molecule is CCNc1nc(NC2CCCOC2)nc(N(C)C)n1. The van der Waals surface area contributed by atoms with Gasteiger partial charge in [-0.2, -0.15) is 15.0 Å². The fourth-order valence-electron chi connectivity index (χ4n) is 1.90. The van der Waals surface area contributed by atoms with Crippen LogP contribution in [0.1, 0.15) is 19.8 Å². The average molecular weight is 266 g/mol. The van der Waals surface area contributed by atoms with Gasteiger partial charge in [0.05, 0.1) is 12.6 Å². The van der Waals surface area contributed by atoms with Gasteiger partial charge in [-0.15, -0.1) is 0 Å². The lowest BCUT2D eigenvalue weighted by Gasteiger charge is -2.23. The van der Waals surface area contributed by atoms with Gasteiger partial charge in [0.2, 0.25) is 17.8 Å². The minimum Gasteiger partial charge on any atom is -0.379 e. The molecule has 1 atom stereocenters. The molecule has 1 aliphatic rings. The largest absolute Gasteiger partial charge is 0.379 e. The van der Waals surface area contributed by atoms with E-state index in [2.05, 4.69) is 25.6 Å². The van der Waals surface area contributed by atoms with Gasteiger partial charge in [0, 0.05) is 27.2 Å². The normalized spacial score (nSPS) is 19.0. The molecule has 2 heterocycles. The van der Waals surface area contributed by atoms with Gasteiger partial charge in [0.1, 0.15) is 0 Å². The monoisotopic (exact) mass is 266 g/mol. The molecule has 106 valence electrons. The summed E-state index contributed by atoms with van der Waals surface area (Å²) >= 11 is 0. The number of rotatable bonds is 5. The summed E-state index contributed by atoms with van der Waals surface area (Å²) in [7, 11) is 3.83. The Hall–Kier alpha value is -1.63. The van der Waals surface area contributed by atoms with E-state index >= 15 is 0 Å². The van der Waals surface area contributed by atoms with Gasteiger partial charge < -0.3 is 20.3 Å². The van der Waals surface area contributed by atoms with Gasteiger partial charge in [-0.25, -0.2) is 0 Å². The molecular formula is C12H22N6O. The second-order valence-electron chi connectivity index (χ2n) is 4.77.